The van der Waals surface area contributed by atoms with E-state index in [0.29, 0.717) is 12.2 Å². The Hall–Kier alpha value is -2.95. The van der Waals surface area contributed by atoms with Gasteiger partial charge in [-0.2, -0.15) is 5.10 Å². The molecule has 128 valence electrons. The number of hydrogen-bond donors (Lipinski definition) is 1. The molecule has 0 bridgehead atoms. The molecule has 0 fully saturated rings. The first-order valence-corrected chi connectivity index (χ1v) is 8.16. The molecule has 0 aliphatic heterocycles. The zero-order valence-electron chi connectivity index (χ0n) is 14.3. The van der Waals surface area contributed by atoms with E-state index in [1.54, 1.807) is 29.9 Å². The van der Waals surface area contributed by atoms with Gasteiger partial charge in [-0.05, 0) is 54.8 Å². The van der Waals surface area contributed by atoms with Crippen LogP contribution in [-0.4, -0.2) is 22.2 Å². The molecule has 1 amide bonds. The second-order valence-electron chi connectivity index (χ2n) is 6.04. The molecule has 0 atom stereocenters. The van der Waals surface area contributed by atoms with Crippen molar-refractivity contribution in [2.45, 2.75) is 13.3 Å². The molecule has 2 aromatic carbocycles. The maximum atomic E-state index is 13.1. The highest BCUT2D eigenvalue weighted by Gasteiger charge is 2.13. The SMILES string of the molecule is Cc1cccc(CCNC(=O)c2cc(-c3ccc(F)cc3)n(C)n2)c1. The van der Waals surface area contributed by atoms with Crippen LogP contribution >= 0.6 is 0 Å². The summed E-state index contributed by atoms with van der Waals surface area (Å²) in [6.07, 6.45) is 0.769. The van der Waals surface area contributed by atoms with E-state index in [1.165, 1.54) is 23.3 Å². The molecule has 0 radical (unpaired) electrons. The van der Waals surface area contributed by atoms with Gasteiger partial charge in [0.15, 0.2) is 5.69 Å². The molecule has 1 N–H and O–H groups in total. The fraction of sp³-hybridized carbons (Fsp3) is 0.200. The Balaban J connectivity index is 1.64. The van der Waals surface area contributed by atoms with Gasteiger partial charge in [0.1, 0.15) is 5.82 Å². The second-order valence-corrected chi connectivity index (χ2v) is 6.04. The van der Waals surface area contributed by atoms with Crippen molar-refractivity contribution in [3.05, 3.63) is 77.2 Å². The molecular weight excluding hydrogens is 317 g/mol. The van der Waals surface area contributed by atoms with Gasteiger partial charge in [0.05, 0.1) is 5.69 Å². The Kier molecular flexibility index (Phi) is 4.93. The summed E-state index contributed by atoms with van der Waals surface area (Å²) in [7, 11) is 1.77. The summed E-state index contributed by atoms with van der Waals surface area (Å²) < 4.78 is 14.7. The highest BCUT2D eigenvalue weighted by molar-refractivity contribution is 5.93. The van der Waals surface area contributed by atoms with Crippen molar-refractivity contribution in [3.63, 3.8) is 0 Å². The number of nitrogens with zero attached hydrogens (tertiary/aromatic N) is 2. The van der Waals surface area contributed by atoms with Crippen LogP contribution in [0.15, 0.2) is 54.6 Å². The normalized spacial score (nSPS) is 10.7. The van der Waals surface area contributed by atoms with E-state index >= 15 is 0 Å². The molecule has 0 aliphatic rings. The van der Waals surface area contributed by atoms with Crippen LogP contribution in [-0.2, 0) is 13.5 Å². The average Bonchev–Trinajstić information content (AvgIpc) is 2.97. The molecule has 4 nitrogen and oxygen atoms in total. The summed E-state index contributed by atoms with van der Waals surface area (Å²) in [6.45, 7) is 2.59. The van der Waals surface area contributed by atoms with Crippen LogP contribution in [0.1, 0.15) is 21.6 Å². The predicted octanol–water partition coefficient (Wildman–Crippen LogP) is 3.51. The van der Waals surface area contributed by atoms with Gasteiger partial charge in [0.25, 0.3) is 5.91 Å². The monoisotopic (exact) mass is 337 g/mol. The highest BCUT2D eigenvalue weighted by Crippen LogP contribution is 2.20. The summed E-state index contributed by atoms with van der Waals surface area (Å²) >= 11 is 0. The third-order valence-corrected chi connectivity index (χ3v) is 4.03. The van der Waals surface area contributed by atoms with E-state index in [-0.39, 0.29) is 11.7 Å². The Morgan fingerprint density at radius 3 is 2.64 bits per heavy atom. The van der Waals surface area contributed by atoms with E-state index in [9.17, 15) is 9.18 Å². The number of benzene rings is 2. The van der Waals surface area contributed by atoms with E-state index in [0.717, 1.165) is 17.7 Å². The first-order valence-electron chi connectivity index (χ1n) is 8.16. The largest absolute Gasteiger partial charge is 0.350 e. The lowest BCUT2D eigenvalue weighted by molar-refractivity contribution is 0.0948. The third kappa shape index (κ3) is 4.12. The van der Waals surface area contributed by atoms with Crippen molar-refractivity contribution in [1.82, 2.24) is 15.1 Å². The van der Waals surface area contributed by atoms with Crippen molar-refractivity contribution >= 4 is 5.91 Å². The second kappa shape index (κ2) is 7.30. The van der Waals surface area contributed by atoms with Gasteiger partial charge in [-0.3, -0.25) is 9.48 Å². The molecule has 1 aromatic heterocycles. The number of hydrogen-bond acceptors (Lipinski definition) is 2. The number of aryl methyl sites for hydroxylation is 2. The number of halogens is 1. The molecule has 3 aromatic rings. The summed E-state index contributed by atoms with van der Waals surface area (Å²) in [5.74, 6) is -0.503. The van der Waals surface area contributed by atoms with Crippen LogP contribution in [0.3, 0.4) is 0 Å². The molecule has 25 heavy (non-hydrogen) atoms. The van der Waals surface area contributed by atoms with Crippen molar-refractivity contribution in [1.29, 1.82) is 0 Å². The fourth-order valence-corrected chi connectivity index (χ4v) is 2.75. The van der Waals surface area contributed by atoms with E-state index in [2.05, 4.69) is 16.5 Å². The summed E-state index contributed by atoms with van der Waals surface area (Å²) in [4.78, 5) is 12.3. The van der Waals surface area contributed by atoms with Crippen molar-refractivity contribution in [3.8, 4) is 11.3 Å². The first-order chi connectivity index (χ1) is 12.0. The minimum atomic E-state index is -0.292. The highest BCUT2D eigenvalue weighted by atomic mass is 19.1. The Bertz CT molecular complexity index is 884. The molecule has 0 spiro atoms. The zero-order chi connectivity index (χ0) is 17.8. The lowest BCUT2D eigenvalue weighted by atomic mass is 10.1. The van der Waals surface area contributed by atoms with Crippen LogP contribution in [0.2, 0.25) is 0 Å². The predicted molar refractivity (Wildman–Crippen MR) is 95.8 cm³/mol. The van der Waals surface area contributed by atoms with Crippen molar-refractivity contribution in [2.75, 3.05) is 6.54 Å². The third-order valence-electron chi connectivity index (χ3n) is 4.03. The molecule has 0 saturated heterocycles. The maximum absolute atomic E-state index is 13.1. The number of amides is 1. The number of nitrogens with one attached hydrogen (secondary N) is 1. The lowest BCUT2D eigenvalue weighted by Crippen LogP contribution is -2.26. The van der Waals surface area contributed by atoms with Gasteiger partial charge >= 0.3 is 0 Å². The maximum Gasteiger partial charge on any atom is 0.271 e. The molecular formula is C20H20FN3O. The molecule has 0 saturated carbocycles. The molecule has 0 unspecified atom stereocenters. The standard InChI is InChI=1S/C20H20FN3O/c1-14-4-3-5-15(12-14)10-11-22-20(25)18-13-19(24(2)23-18)16-6-8-17(21)9-7-16/h3-9,12-13H,10-11H2,1-2H3,(H,22,25). The summed E-state index contributed by atoms with van der Waals surface area (Å²) in [5, 5.41) is 7.15. The number of carbonyl (C=O) groups excluding carboxylic acids is 1. The van der Waals surface area contributed by atoms with E-state index in [1.807, 2.05) is 25.1 Å². The average molecular weight is 337 g/mol. The smallest absolute Gasteiger partial charge is 0.271 e. The van der Waals surface area contributed by atoms with Gasteiger partial charge in [0, 0.05) is 13.6 Å². The van der Waals surface area contributed by atoms with Crippen LogP contribution in [0.25, 0.3) is 11.3 Å². The quantitative estimate of drug-likeness (QED) is 0.774. The van der Waals surface area contributed by atoms with E-state index < -0.39 is 0 Å². The van der Waals surface area contributed by atoms with Crippen LogP contribution in [0, 0.1) is 12.7 Å². The van der Waals surface area contributed by atoms with Crippen LogP contribution < -0.4 is 5.32 Å². The summed E-state index contributed by atoms with van der Waals surface area (Å²) in [6, 6.07) is 16.1. The number of carbonyl (C=O) groups is 1. The van der Waals surface area contributed by atoms with E-state index in [4.69, 9.17) is 0 Å². The van der Waals surface area contributed by atoms with Crippen LogP contribution in [0.4, 0.5) is 4.39 Å². The first kappa shape index (κ1) is 16.9. The molecule has 0 aliphatic carbocycles. The molecule has 3 rings (SSSR count). The van der Waals surface area contributed by atoms with Crippen molar-refractivity contribution < 1.29 is 9.18 Å². The van der Waals surface area contributed by atoms with Gasteiger partial charge in [-0.1, -0.05) is 29.8 Å². The summed E-state index contributed by atoms with van der Waals surface area (Å²) in [5.41, 5.74) is 4.33. The minimum Gasteiger partial charge on any atom is -0.350 e. The fourth-order valence-electron chi connectivity index (χ4n) is 2.75. The van der Waals surface area contributed by atoms with Gasteiger partial charge in [0.2, 0.25) is 0 Å². The van der Waals surface area contributed by atoms with Crippen LogP contribution in [0.5, 0.6) is 0 Å². The Labute approximate surface area is 146 Å². The molecule has 1 heterocycles. The topological polar surface area (TPSA) is 46.9 Å². The van der Waals surface area contributed by atoms with Gasteiger partial charge in [-0.15, -0.1) is 0 Å². The van der Waals surface area contributed by atoms with Crippen molar-refractivity contribution in [2.24, 2.45) is 7.05 Å². The number of aromatic nitrogens is 2. The number of rotatable bonds is 5. The zero-order valence-corrected chi connectivity index (χ0v) is 14.3. The molecule has 5 heteroatoms. The minimum absolute atomic E-state index is 0.211. The lowest BCUT2D eigenvalue weighted by Gasteiger charge is -2.04. The van der Waals surface area contributed by atoms with Gasteiger partial charge < -0.3 is 5.32 Å². The Morgan fingerprint density at radius 1 is 1.16 bits per heavy atom. The Morgan fingerprint density at radius 2 is 1.92 bits per heavy atom. The van der Waals surface area contributed by atoms with Gasteiger partial charge in [-0.25, -0.2) is 4.39 Å².